The lowest BCUT2D eigenvalue weighted by Gasteiger charge is -2.07. The maximum absolute atomic E-state index is 11.8. The van der Waals surface area contributed by atoms with Crippen molar-refractivity contribution in [3.05, 3.63) is 34.9 Å². The number of hydrogen-bond donors (Lipinski definition) is 2. The summed E-state index contributed by atoms with van der Waals surface area (Å²) in [6, 6.07) is 5.54. The van der Waals surface area contributed by atoms with E-state index in [0.717, 1.165) is 11.1 Å². The Morgan fingerprint density at radius 2 is 1.78 bits per heavy atom. The van der Waals surface area contributed by atoms with Gasteiger partial charge in [-0.1, -0.05) is 6.07 Å². The van der Waals surface area contributed by atoms with Gasteiger partial charge in [-0.3, -0.25) is 4.79 Å². The summed E-state index contributed by atoms with van der Waals surface area (Å²) in [5, 5.41) is 5.20. The Labute approximate surface area is 107 Å². The van der Waals surface area contributed by atoms with E-state index in [1.807, 2.05) is 26.0 Å². The minimum atomic E-state index is -0.504. The van der Waals surface area contributed by atoms with Crippen LogP contribution in [0.1, 0.15) is 21.5 Å². The van der Waals surface area contributed by atoms with Crippen LogP contribution in [0.3, 0.4) is 0 Å². The van der Waals surface area contributed by atoms with E-state index < -0.39 is 6.09 Å². The summed E-state index contributed by atoms with van der Waals surface area (Å²) in [4.78, 5) is 22.5. The molecule has 2 N–H and O–H groups in total. The fourth-order valence-electron chi connectivity index (χ4n) is 1.40. The number of alkyl carbamates (subject to hydrolysis) is 1. The molecule has 98 valence electrons. The normalized spacial score (nSPS) is 9.72. The second kappa shape index (κ2) is 6.64. The number of ether oxygens (including phenoxy) is 1. The second-order valence-electron chi connectivity index (χ2n) is 3.97. The topological polar surface area (TPSA) is 67.4 Å². The predicted molar refractivity (Wildman–Crippen MR) is 68.7 cm³/mol. The van der Waals surface area contributed by atoms with Crippen molar-refractivity contribution >= 4 is 12.0 Å². The zero-order valence-electron chi connectivity index (χ0n) is 10.9. The summed E-state index contributed by atoms with van der Waals surface area (Å²) in [7, 11) is 1.29. The minimum absolute atomic E-state index is 0.148. The highest BCUT2D eigenvalue weighted by Gasteiger charge is 2.06. The molecule has 0 saturated heterocycles. The summed E-state index contributed by atoms with van der Waals surface area (Å²) in [5.74, 6) is -0.148. The average molecular weight is 250 g/mol. The average Bonchev–Trinajstić information content (AvgIpc) is 2.37. The molecule has 0 radical (unpaired) electrons. The molecule has 2 amide bonds. The van der Waals surface area contributed by atoms with Crippen LogP contribution in [0, 0.1) is 13.8 Å². The first-order valence-electron chi connectivity index (χ1n) is 5.72. The van der Waals surface area contributed by atoms with Gasteiger partial charge in [0.05, 0.1) is 7.11 Å². The monoisotopic (exact) mass is 250 g/mol. The van der Waals surface area contributed by atoms with E-state index >= 15 is 0 Å². The molecule has 0 bridgehead atoms. The molecule has 0 fully saturated rings. The largest absolute Gasteiger partial charge is 0.453 e. The highest BCUT2D eigenvalue weighted by molar-refractivity contribution is 5.94. The maximum atomic E-state index is 11.8. The SMILES string of the molecule is COC(=O)NCCNC(=O)c1ccc(C)c(C)c1. The number of hydrogen-bond acceptors (Lipinski definition) is 3. The van der Waals surface area contributed by atoms with Crippen molar-refractivity contribution in [3.8, 4) is 0 Å². The van der Waals surface area contributed by atoms with Gasteiger partial charge in [-0.2, -0.15) is 0 Å². The van der Waals surface area contributed by atoms with Crippen molar-refractivity contribution in [3.63, 3.8) is 0 Å². The lowest BCUT2D eigenvalue weighted by Crippen LogP contribution is -2.34. The fourth-order valence-corrected chi connectivity index (χ4v) is 1.40. The quantitative estimate of drug-likeness (QED) is 0.793. The van der Waals surface area contributed by atoms with E-state index in [9.17, 15) is 9.59 Å². The first kappa shape index (κ1) is 14.0. The molecule has 0 saturated carbocycles. The Bertz CT molecular complexity index is 444. The van der Waals surface area contributed by atoms with E-state index in [4.69, 9.17) is 0 Å². The summed E-state index contributed by atoms with van der Waals surface area (Å²) < 4.78 is 4.41. The molecule has 1 rings (SSSR count). The van der Waals surface area contributed by atoms with Crippen molar-refractivity contribution in [1.29, 1.82) is 0 Å². The van der Waals surface area contributed by atoms with E-state index in [1.165, 1.54) is 7.11 Å². The third-order valence-corrected chi connectivity index (χ3v) is 2.63. The van der Waals surface area contributed by atoms with Crippen LogP contribution in [0.4, 0.5) is 4.79 Å². The van der Waals surface area contributed by atoms with Crippen LogP contribution in [-0.4, -0.2) is 32.2 Å². The van der Waals surface area contributed by atoms with Gasteiger partial charge in [-0.15, -0.1) is 0 Å². The fraction of sp³-hybridized carbons (Fsp3) is 0.385. The van der Waals surface area contributed by atoms with Gasteiger partial charge in [0, 0.05) is 18.7 Å². The van der Waals surface area contributed by atoms with E-state index in [2.05, 4.69) is 15.4 Å². The van der Waals surface area contributed by atoms with E-state index in [0.29, 0.717) is 18.7 Å². The van der Waals surface area contributed by atoms with Crippen LogP contribution in [0.5, 0.6) is 0 Å². The molecule has 0 aliphatic carbocycles. The van der Waals surface area contributed by atoms with Gasteiger partial charge in [0.2, 0.25) is 0 Å². The Balaban J connectivity index is 2.41. The van der Waals surface area contributed by atoms with Crippen molar-refractivity contribution < 1.29 is 14.3 Å². The third kappa shape index (κ3) is 4.08. The highest BCUT2D eigenvalue weighted by atomic mass is 16.5. The molecule has 1 aromatic carbocycles. The highest BCUT2D eigenvalue weighted by Crippen LogP contribution is 2.09. The summed E-state index contributed by atoms with van der Waals surface area (Å²) in [6.07, 6.45) is -0.504. The lowest BCUT2D eigenvalue weighted by atomic mass is 10.1. The number of rotatable bonds is 4. The minimum Gasteiger partial charge on any atom is -0.453 e. The van der Waals surface area contributed by atoms with Gasteiger partial charge in [0.15, 0.2) is 0 Å². The molecule has 0 aromatic heterocycles. The number of benzene rings is 1. The van der Waals surface area contributed by atoms with Crippen molar-refractivity contribution in [2.45, 2.75) is 13.8 Å². The van der Waals surface area contributed by atoms with Crippen LogP contribution in [-0.2, 0) is 4.74 Å². The molecule has 5 nitrogen and oxygen atoms in total. The molecule has 18 heavy (non-hydrogen) atoms. The lowest BCUT2D eigenvalue weighted by molar-refractivity contribution is 0.0952. The molecular weight excluding hydrogens is 232 g/mol. The Morgan fingerprint density at radius 3 is 2.39 bits per heavy atom. The maximum Gasteiger partial charge on any atom is 0.406 e. The number of carbonyl (C=O) groups excluding carboxylic acids is 2. The molecule has 0 unspecified atom stereocenters. The van der Waals surface area contributed by atoms with Gasteiger partial charge in [0.1, 0.15) is 0 Å². The van der Waals surface area contributed by atoms with Gasteiger partial charge in [-0.05, 0) is 37.1 Å². The number of nitrogens with one attached hydrogen (secondary N) is 2. The first-order valence-corrected chi connectivity index (χ1v) is 5.72. The molecule has 5 heteroatoms. The van der Waals surface area contributed by atoms with Crippen LogP contribution in [0.25, 0.3) is 0 Å². The predicted octanol–water partition coefficient (Wildman–Crippen LogP) is 1.39. The number of aryl methyl sites for hydroxylation is 2. The molecule has 0 atom stereocenters. The van der Waals surface area contributed by atoms with Gasteiger partial charge >= 0.3 is 6.09 Å². The van der Waals surface area contributed by atoms with Gasteiger partial charge < -0.3 is 15.4 Å². The van der Waals surface area contributed by atoms with Gasteiger partial charge in [-0.25, -0.2) is 4.79 Å². The first-order chi connectivity index (χ1) is 8.54. The van der Waals surface area contributed by atoms with Crippen LogP contribution in [0.15, 0.2) is 18.2 Å². The summed E-state index contributed by atoms with van der Waals surface area (Å²) in [5.41, 5.74) is 2.85. The molecule has 0 heterocycles. The van der Waals surface area contributed by atoms with Crippen LogP contribution >= 0.6 is 0 Å². The number of methoxy groups -OCH3 is 1. The zero-order chi connectivity index (χ0) is 13.5. The van der Waals surface area contributed by atoms with Crippen LogP contribution < -0.4 is 10.6 Å². The standard InChI is InChI=1S/C13H18N2O3/c1-9-4-5-11(8-10(9)2)12(16)14-6-7-15-13(17)18-3/h4-5,8H,6-7H2,1-3H3,(H,14,16)(H,15,17). The molecule has 0 aliphatic rings. The third-order valence-electron chi connectivity index (χ3n) is 2.63. The Hall–Kier alpha value is -2.04. The van der Waals surface area contributed by atoms with Crippen molar-refractivity contribution in [2.75, 3.05) is 20.2 Å². The summed E-state index contributed by atoms with van der Waals surface area (Å²) in [6.45, 7) is 4.66. The van der Waals surface area contributed by atoms with Crippen molar-refractivity contribution in [1.82, 2.24) is 10.6 Å². The number of amides is 2. The van der Waals surface area contributed by atoms with Gasteiger partial charge in [0.25, 0.3) is 5.91 Å². The van der Waals surface area contributed by atoms with Crippen LogP contribution in [0.2, 0.25) is 0 Å². The van der Waals surface area contributed by atoms with E-state index in [-0.39, 0.29) is 5.91 Å². The summed E-state index contributed by atoms with van der Waals surface area (Å²) >= 11 is 0. The number of carbonyl (C=O) groups is 2. The molecular formula is C13H18N2O3. The molecule has 1 aromatic rings. The Kier molecular flexibility index (Phi) is 5.17. The van der Waals surface area contributed by atoms with Crippen molar-refractivity contribution in [2.24, 2.45) is 0 Å². The zero-order valence-corrected chi connectivity index (χ0v) is 10.9. The molecule has 0 spiro atoms. The molecule has 0 aliphatic heterocycles. The smallest absolute Gasteiger partial charge is 0.406 e. The second-order valence-corrected chi connectivity index (χ2v) is 3.97. The Morgan fingerprint density at radius 1 is 1.11 bits per heavy atom. The van der Waals surface area contributed by atoms with E-state index in [1.54, 1.807) is 6.07 Å².